The molecule has 1 rings (SSSR count). The van der Waals surface area contributed by atoms with Crippen molar-refractivity contribution in [1.29, 1.82) is 0 Å². The minimum atomic E-state index is 0.0228. The molecule has 0 unspecified atom stereocenters. The molecular weight excluding hydrogens is 204 g/mol. The number of rotatable bonds is 7. The zero-order valence-corrected chi connectivity index (χ0v) is 10.3. The highest BCUT2D eigenvalue weighted by Crippen LogP contribution is 2.06. The van der Waals surface area contributed by atoms with Gasteiger partial charge in [0.1, 0.15) is 6.61 Å². The minimum absolute atomic E-state index is 0.0228. The topological polar surface area (TPSA) is 50.4 Å². The van der Waals surface area contributed by atoms with Crippen molar-refractivity contribution in [2.75, 3.05) is 26.2 Å². The minimum Gasteiger partial charge on any atom is -0.368 e. The first-order valence-corrected chi connectivity index (χ1v) is 6.42. The molecule has 1 fully saturated rings. The van der Waals surface area contributed by atoms with Crippen LogP contribution in [0, 0.1) is 0 Å². The van der Waals surface area contributed by atoms with Crippen molar-refractivity contribution >= 4 is 5.91 Å². The Morgan fingerprint density at radius 1 is 1.38 bits per heavy atom. The molecule has 94 valence electrons. The summed E-state index contributed by atoms with van der Waals surface area (Å²) in [6.45, 7) is 5.16. The van der Waals surface area contributed by atoms with Crippen molar-refractivity contribution in [3.8, 4) is 0 Å². The molecule has 4 heteroatoms. The van der Waals surface area contributed by atoms with E-state index >= 15 is 0 Å². The van der Waals surface area contributed by atoms with Gasteiger partial charge in [-0.1, -0.05) is 19.8 Å². The number of nitrogens with one attached hydrogen (secondary N) is 2. The summed E-state index contributed by atoms with van der Waals surface area (Å²) in [5.74, 6) is 0.0228. The zero-order valence-electron chi connectivity index (χ0n) is 10.3. The quantitative estimate of drug-likeness (QED) is 0.641. The van der Waals surface area contributed by atoms with E-state index < -0.39 is 0 Å². The summed E-state index contributed by atoms with van der Waals surface area (Å²) in [5, 5.41) is 6.15. The van der Waals surface area contributed by atoms with E-state index in [0.29, 0.717) is 0 Å². The van der Waals surface area contributed by atoms with Crippen LogP contribution in [0.1, 0.15) is 39.0 Å². The Morgan fingerprint density at radius 2 is 2.12 bits per heavy atom. The molecule has 0 bridgehead atoms. The predicted octanol–water partition coefficient (Wildman–Crippen LogP) is 1.06. The molecule has 1 aliphatic heterocycles. The second-order valence-electron chi connectivity index (χ2n) is 4.32. The Morgan fingerprint density at radius 3 is 2.81 bits per heavy atom. The van der Waals surface area contributed by atoms with Gasteiger partial charge >= 0.3 is 0 Å². The number of amides is 1. The summed E-state index contributed by atoms with van der Waals surface area (Å²) in [6.07, 6.45) is 5.72. The van der Waals surface area contributed by atoms with E-state index in [1.807, 2.05) is 0 Å². The summed E-state index contributed by atoms with van der Waals surface area (Å²) in [5.41, 5.74) is 0. The molecular formula is C12H24N2O2. The normalized spacial score (nSPS) is 17.3. The molecule has 1 heterocycles. The lowest BCUT2D eigenvalue weighted by Gasteiger charge is -2.22. The van der Waals surface area contributed by atoms with E-state index in [1.165, 1.54) is 12.8 Å². The van der Waals surface area contributed by atoms with Crippen LogP contribution in [0.3, 0.4) is 0 Å². The highest BCUT2D eigenvalue weighted by Gasteiger charge is 2.14. The van der Waals surface area contributed by atoms with Gasteiger partial charge in [0.2, 0.25) is 5.91 Å². The largest absolute Gasteiger partial charge is 0.368 e. The van der Waals surface area contributed by atoms with Crippen molar-refractivity contribution in [3.63, 3.8) is 0 Å². The number of ether oxygens (including phenoxy) is 1. The second-order valence-corrected chi connectivity index (χ2v) is 4.32. The zero-order chi connectivity index (χ0) is 11.6. The van der Waals surface area contributed by atoms with Gasteiger partial charge in [0.25, 0.3) is 0 Å². The maximum atomic E-state index is 11.4. The van der Waals surface area contributed by atoms with Crippen molar-refractivity contribution in [1.82, 2.24) is 10.6 Å². The van der Waals surface area contributed by atoms with Crippen molar-refractivity contribution < 1.29 is 9.53 Å². The average molecular weight is 228 g/mol. The number of hydrogen-bond donors (Lipinski definition) is 2. The summed E-state index contributed by atoms with van der Waals surface area (Å²) in [6, 6.07) is 0. The van der Waals surface area contributed by atoms with Crippen LogP contribution in [0.2, 0.25) is 0 Å². The first-order valence-electron chi connectivity index (χ1n) is 6.42. The molecule has 4 nitrogen and oxygen atoms in total. The fraction of sp³-hybridized carbons (Fsp3) is 0.917. The summed E-state index contributed by atoms with van der Waals surface area (Å²) < 4.78 is 5.55. The molecule has 1 aliphatic rings. The number of unbranched alkanes of at least 4 members (excludes halogenated alkanes) is 2. The number of carbonyl (C=O) groups is 1. The van der Waals surface area contributed by atoms with Gasteiger partial charge in [-0.05, 0) is 32.4 Å². The van der Waals surface area contributed by atoms with Gasteiger partial charge in [-0.25, -0.2) is 0 Å². The van der Waals surface area contributed by atoms with Crippen molar-refractivity contribution in [2.45, 2.75) is 45.1 Å². The Labute approximate surface area is 98.1 Å². The van der Waals surface area contributed by atoms with Gasteiger partial charge in [0.05, 0.1) is 6.10 Å². The Hall–Kier alpha value is -0.610. The van der Waals surface area contributed by atoms with Crippen LogP contribution in [0.25, 0.3) is 0 Å². The van der Waals surface area contributed by atoms with Crippen LogP contribution in [0.4, 0.5) is 0 Å². The third-order valence-electron chi connectivity index (χ3n) is 2.84. The van der Waals surface area contributed by atoms with E-state index in [4.69, 9.17) is 4.74 Å². The highest BCUT2D eigenvalue weighted by atomic mass is 16.5. The van der Waals surface area contributed by atoms with E-state index in [2.05, 4.69) is 17.6 Å². The van der Waals surface area contributed by atoms with E-state index in [1.54, 1.807) is 0 Å². The average Bonchev–Trinajstić information content (AvgIpc) is 2.33. The number of piperidine rings is 1. The molecule has 0 atom stereocenters. The first-order chi connectivity index (χ1) is 7.83. The molecule has 0 aromatic rings. The lowest BCUT2D eigenvalue weighted by molar-refractivity contribution is -0.128. The van der Waals surface area contributed by atoms with Gasteiger partial charge in [-0.15, -0.1) is 0 Å². The molecule has 0 spiro atoms. The van der Waals surface area contributed by atoms with Crippen LogP contribution in [-0.2, 0) is 9.53 Å². The standard InChI is InChI=1S/C12H24N2O2/c1-2-3-4-7-14-12(15)10-16-11-5-8-13-9-6-11/h11,13H,2-10H2,1H3,(H,14,15). The van der Waals surface area contributed by atoms with Crippen LogP contribution in [-0.4, -0.2) is 38.3 Å². The molecule has 0 aliphatic carbocycles. The maximum Gasteiger partial charge on any atom is 0.246 e. The molecule has 0 radical (unpaired) electrons. The third-order valence-corrected chi connectivity index (χ3v) is 2.84. The van der Waals surface area contributed by atoms with Gasteiger partial charge in [-0.3, -0.25) is 4.79 Å². The van der Waals surface area contributed by atoms with Crippen molar-refractivity contribution in [3.05, 3.63) is 0 Å². The first kappa shape index (κ1) is 13.5. The molecule has 2 N–H and O–H groups in total. The molecule has 1 amide bonds. The van der Waals surface area contributed by atoms with Gasteiger partial charge in [0, 0.05) is 6.54 Å². The number of hydrogen-bond acceptors (Lipinski definition) is 3. The van der Waals surface area contributed by atoms with Crippen LogP contribution < -0.4 is 10.6 Å². The Kier molecular flexibility index (Phi) is 7.17. The highest BCUT2D eigenvalue weighted by molar-refractivity contribution is 5.77. The lowest BCUT2D eigenvalue weighted by atomic mass is 10.1. The Bertz CT molecular complexity index is 191. The molecule has 16 heavy (non-hydrogen) atoms. The summed E-state index contributed by atoms with van der Waals surface area (Å²) >= 11 is 0. The maximum absolute atomic E-state index is 11.4. The van der Waals surface area contributed by atoms with Gasteiger partial charge < -0.3 is 15.4 Å². The SMILES string of the molecule is CCCCCNC(=O)COC1CCNCC1. The monoisotopic (exact) mass is 228 g/mol. The van der Waals surface area contributed by atoms with E-state index in [9.17, 15) is 4.79 Å². The summed E-state index contributed by atoms with van der Waals surface area (Å²) in [7, 11) is 0. The number of carbonyl (C=O) groups excluding carboxylic acids is 1. The van der Waals surface area contributed by atoms with Crippen LogP contribution in [0.15, 0.2) is 0 Å². The predicted molar refractivity (Wildman–Crippen MR) is 64.4 cm³/mol. The lowest BCUT2D eigenvalue weighted by Crippen LogP contribution is -2.36. The molecule has 0 aromatic carbocycles. The van der Waals surface area contributed by atoms with Crippen LogP contribution in [0.5, 0.6) is 0 Å². The van der Waals surface area contributed by atoms with E-state index in [0.717, 1.165) is 38.9 Å². The van der Waals surface area contributed by atoms with E-state index in [-0.39, 0.29) is 18.6 Å². The fourth-order valence-corrected chi connectivity index (χ4v) is 1.81. The van der Waals surface area contributed by atoms with Crippen molar-refractivity contribution in [2.24, 2.45) is 0 Å². The van der Waals surface area contributed by atoms with Crippen LogP contribution >= 0.6 is 0 Å². The fourth-order valence-electron chi connectivity index (χ4n) is 1.81. The smallest absolute Gasteiger partial charge is 0.246 e. The second kappa shape index (κ2) is 8.53. The third kappa shape index (κ3) is 6.08. The summed E-state index contributed by atoms with van der Waals surface area (Å²) in [4.78, 5) is 11.4. The molecule has 0 aromatic heterocycles. The van der Waals surface area contributed by atoms with Gasteiger partial charge in [0.15, 0.2) is 0 Å². The van der Waals surface area contributed by atoms with Gasteiger partial charge in [-0.2, -0.15) is 0 Å². The molecule has 0 saturated carbocycles. The Balaban J connectivity index is 1.96. The molecule has 1 saturated heterocycles.